The number of sulfonamides is 1. The fraction of sp³-hybridized carbons (Fsp3) is 0.0476. The second kappa shape index (κ2) is 9.31. The fourth-order valence-electron chi connectivity index (χ4n) is 2.69. The number of hydrogen-bond acceptors (Lipinski definition) is 4. The molecule has 0 saturated carbocycles. The van der Waals surface area contributed by atoms with Gasteiger partial charge in [0.25, 0.3) is 15.9 Å². The van der Waals surface area contributed by atoms with Crippen LogP contribution in [0, 0.1) is 11.3 Å². The molecule has 2 N–H and O–H groups in total. The van der Waals surface area contributed by atoms with Gasteiger partial charge in [0.15, 0.2) is 0 Å². The molecule has 33 heavy (non-hydrogen) atoms. The summed E-state index contributed by atoms with van der Waals surface area (Å²) in [6.07, 6.45) is -4.62. The lowest BCUT2D eigenvalue weighted by molar-refractivity contribution is -0.137. The number of amides is 1. The van der Waals surface area contributed by atoms with E-state index < -0.39 is 27.7 Å². The van der Waals surface area contributed by atoms with Crippen molar-refractivity contribution in [2.75, 3.05) is 10.0 Å². The van der Waals surface area contributed by atoms with E-state index in [4.69, 9.17) is 28.5 Å². The van der Waals surface area contributed by atoms with Gasteiger partial charge in [0.2, 0.25) is 0 Å². The minimum absolute atomic E-state index is 0.111. The topological polar surface area (TPSA) is 99.1 Å². The van der Waals surface area contributed by atoms with Gasteiger partial charge in [-0.2, -0.15) is 18.4 Å². The average Bonchev–Trinajstić information content (AvgIpc) is 2.75. The molecule has 0 aromatic heterocycles. The summed E-state index contributed by atoms with van der Waals surface area (Å²) in [6, 6.07) is 13.1. The van der Waals surface area contributed by atoms with Gasteiger partial charge in [-0.3, -0.25) is 9.52 Å². The Hall–Kier alpha value is -3.26. The molecule has 3 rings (SSSR count). The van der Waals surface area contributed by atoms with E-state index >= 15 is 0 Å². The molecule has 170 valence electrons. The quantitative estimate of drug-likeness (QED) is 0.441. The maximum Gasteiger partial charge on any atom is 0.416 e. The molecule has 0 aliphatic carbocycles. The monoisotopic (exact) mass is 513 g/mol. The van der Waals surface area contributed by atoms with Crippen LogP contribution >= 0.6 is 23.2 Å². The van der Waals surface area contributed by atoms with Crippen LogP contribution in [-0.4, -0.2) is 14.3 Å². The van der Waals surface area contributed by atoms with Crippen molar-refractivity contribution in [1.82, 2.24) is 0 Å². The number of carbonyl (C=O) groups excluding carboxylic acids is 1. The second-order valence-corrected chi connectivity index (χ2v) is 9.10. The van der Waals surface area contributed by atoms with Crippen LogP contribution in [0.25, 0.3) is 0 Å². The molecule has 6 nitrogen and oxygen atoms in total. The Bertz CT molecular complexity index is 1370. The van der Waals surface area contributed by atoms with E-state index in [2.05, 4.69) is 10.0 Å². The largest absolute Gasteiger partial charge is 0.416 e. The van der Waals surface area contributed by atoms with Crippen LogP contribution in [-0.2, 0) is 16.2 Å². The maximum absolute atomic E-state index is 12.8. The molecular weight excluding hydrogens is 502 g/mol. The number of nitrogens with zero attached hydrogens (tertiary/aromatic N) is 1. The number of carbonyl (C=O) groups is 1. The van der Waals surface area contributed by atoms with Gasteiger partial charge in [0, 0.05) is 5.02 Å². The molecule has 0 fully saturated rings. The molecule has 0 atom stereocenters. The molecule has 0 spiro atoms. The Morgan fingerprint density at radius 1 is 0.939 bits per heavy atom. The van der Waals surface area contributed by atoms with Crippen LogP contribution in [0.1, 0.15) is 21.5 Å². The first kappa shape index (κ1) is 24.4. The third-order valence-electron chi connectivity index (χ3n) is 4.31. The zero-order valence-electron chi connectivity index (χ0n) is 16.2. The maximum atomic E-state index is 12.8. The third kappa shape index (κ3) is 5.76. The number of rotatable bonds is 5. The van der Waals surface area contributed by atoms with Gasteiger partial charge in [-0.1, -0.05) is 23.2 Å². The van der Waals surface area contributed by atoms with Gasteiger partial charge >= 0.3 is 6.18 Å². The molecule has 0 bridgehead atoms. The van der Waals surface area contributed by atoms with Crippen LogP contribution < -0.4 is 10.0 Å². The van der Waals surface area contributed by atoms with Crippen molar-refractivity contribution in [3.63, 3.8) is 0 Å². The van der Waals surface area contributed by atoms with E-state index in [1.807, 2.05) is 6.07 Å². The van der Waals surface area contributed by atoms with E-state index in [9.17, 15) is 26.4 Å². The summed E-state index contributed by atoms with van der Waals surface area (Å²) in [4.78, 5) is 12.6. The molecular formula is C21H12Cl2F3N3O3S. The molecule has 0 unspecified atom stereocenters. The second-order valence-electron chi connectivity index (χ2n) is 6.58. The van der Waals surface area contributed by atoms with E-state index in [-0.39, 0.29) is 37.4 Å². The standard InChI is InChI=1S/C21H12Cl2F3N3O3S/c22-14-4-8-18(29-33(31,32)15-5-1-12(11-27)2-6-15)16(10-14)20(30)28-19-7-3-13(9-17(19)23)21(24,25)26/h1-10,29H,(H,28,30). The summed E-state index contributed by atoms with van der Waals surface area (Å²) in [5.74, 6) is -0.864. The minimum Gasteiger partial charge on any atom is -0.321 e. The van der Waals surface area contributed by atoms with Gasteiger partial charge in [-0.05, 0) is 60.7 Å². The molecule has 3 aromatic carbocycles. The van der Waals surface area contributed by atoms with Crippen molar-refractivity contribution in [2.45, 2.75) is 11.1 Å². The predicted octanol–water partition coefficient (Wildman–Crippen LogP) is 5.94. The lowest BCUT2D eigenvalue weighted by Gasteiger charge is -2.15. The van der Waals surface area contributed by atoms with Crippen molar-refractivity contribution in [3.05, 3.63) is 87.4 Å². The van der Waals surface area contributed by atoms with Gasteiger partial charge in [-0.15, -0.1) is 0 Å². The van der Waals surface area contributed by atoms with E-state index in [1.165, 1.54) is 42.5 Å². The molecule has 3 aromatic rings. The summed E-state index contributed by atoms with van der Waals surface area (Å²) >= 11 is 11.8. The van der Waals surface area contributed by atoms with E-state index in [0.29, 0.717) is 6.07 Å². The van der Waals surface area contributed by atoms with Crippen molar-refractivity contribution in [1.29, 1.82) is 5.26 Å². The summed E-state index contributed by atoms with van der Waals surface area (Å²) in [7, 11) is -4.14. The Kier molecular flexibility index (Phi) is 6.88. The minimum atomic E-state index is -4.62. The van der Waals surface area contributed by atoms with Gasteiger partial charge in [0.1, 0.15) is 0 Å². The van der Waals surface area contributed by atoms with Crippen LogP contribution in [0.4, 0.5) is 24.5 Å². The summed E-state index contributed by atoms with van der Waals surface area (Å²) in [5.41, 5.74) is -1.19. The Morgan fingerprint density at radius 3 is 2.15 bits per heavy atom. The van der Waals surface area contributed by atoms with Gasteiger partial charge < -0.3 is 5.32 Å². The molecule has 0 radical (unpaired) electrons. The van der Waals surface area contributed by atoms with E-state index in [0.717, 1.165) is 12.1 Å². The Labute approximate surface area is 196 Å². The van der Waals surface area contributed by atoms with Crippen molar-refractivity contribution < 1.29 is 26.4 Å². The number of halogens is 5. The Morgan fingerprint density at radius 2 is 1.58 bits per heavy atom. The highest BCUT2D eigenvalue weighted by atomic mass is 35.5. The first-order valence-electron chi connectivity index (χ1n) is 8.91. The zero-order valence-corrected chi connectivity index (χ0v) is 18.6. The number of anilines is 2. The average molecular weight is 514 g/mol. The highest BCUT2D eigenvalue weighted by molar-refractivity contribution is 7.92. The lowest BCUT2D eigenvalue weighted by Crippen LogP contribution is -2.19. The predicted molar refractivity (Wildman–Crippen MR) is 118 cm³/mol. The fourth-order valence-corrected chi connectivity index (χ4v) is 4.17. The van der Waals surface area contributed by atoms with Crippen molar-refractivity contribution >= 4 is 50.5 Å². The van der Waals surface area contributed by atoms with Crippen LogP contribution in [0.5, 0.6) is 0 Å². The molecule has 12 heteroatoms. The first-order chi connectivity index (χ1) is 15.4. The molecule has 0 aliphatic rings. The summed E-state index contributed by atoms with van der Waals surface area (Å²) in [6.45, 7) is 0. The first-order valence-corrected chi connectivity index (χ1v) is 11.2. The highest BCUT2D eigenvalue weighted by Gasteiger charge is 2.31. The normalized spacial score (nSPS) is 11.5. The highest BCUT2D eigenvalue weighted by Crippen LogP contribution is 2.34. The number of nitriles is 1. The molecule has 0 saturated heterocycles. The van der Waals surface area contributed by atoms with Crippen LogP contribution in [0.3, 0.4) is 0 Å². The lowest BCUT2D eigenvalue weighted by atomic mass is 10.1. The number of nitrogens with one attached hydrogen (secondary N) is 2. The summed E-state index contributed by atoms with van der Waals surface area (Å²) < 4.78 is 66.2. The summed E-state index contributed by atoms with van der Waals surface area (Å²) in [5, 5.41) is 10.9. The molecule has 0 heterocycles. The SMILES string of the molecule is N#Cc1ccc(S(=O)(=O)Nc2ccc(Cl)cc2C(=O)Nc2ccc(C(F)(F)F)cc2Cl)cc1. The molecule has 0 aliphatic heterocycles. The zero-order chi connectivity index (χ0) is 24.4. The van der Waals surface area contributed by atoms with Crippen molar-refractivity contribution in [3.8, 4) is 6.07 Å². The molecule has 1 amide bonds. The number of hydrogen-bond donors (Lipinski definition) is 2. The smallest absolute Gasteiger partial charge is 0.321 e. The van der Waals surface area contributed by atoms with Crippen LogP contribution in [0.15, 0.2) is 65.6 Å². The Balaban J connectivity index is 1.91. The van der Waals surface area contributed by atoms with Gasteiger partial charge in [-0.25, -0.2) is 8.42 Å². The van der Waals surface area contributed by atoms with Crippen LogP contribution in [0.2, 0.25) is 10.0 Å². The number of benzene rings is 3. The number of alkyl halides is 3. The van der Waals surface area contributed by atoms with Crippen molar-refractivity contribution in [2.24, 2.45) is 0 Å². The van der Waals surface area contributed by atoms with E-state index in [1.54, 1.807) is 0 Å². The third-order valence-corrected chi connectivity index (χ3v) is 6.24. The van der Waals surface area contributed by atoms with Gasteiger partial charge in [0.05, 0.1) is 44.1 Å².